The predicted molar refractivity (Wildman–Crippen MR) is 105 cm³/mol. The molecule has 1 fully saturated rings. The average Bonchev–Trinajstić information content (AvgIpc) is 2.98. The summed E-state index contributed by atoms with van der Waals surface area (Å²) in [5.41, 5.74) is 1.66. The molecule has 0 amide bonds. The summed E-state index contributed by atoms with van der Waals surface area (Å²) in [6, 6.07) is 9.58. The van der Waals surface area contributed by atoms with E-state index in [0.29, 0.717) is 23.7 Å². The highest BCUT2D eigenvalue weighted by atomic mass is 16.5. The van der Waals surface area contributed by atoms with Gasteiger partial charge in [0.25, 0.3) is 5.56 Å². The van der Waals surface area contributed by atoms with Crippen molar-refractivity contribution >= 4 is 5.65 Å². The van der Waals surface area contributed by atoms with Gasteiger partial charge < -0.3 is 4.74 Å². The van der Waals surface area contributed by atoms with Crippen molar-refractivity contribution in [1.82, 2.24) is 19.3 Å². The largest absolute Gasteiger partial charge is 0.476 e. The Morgan fingerprint density at radius 1 is 1.04 bits per heavy atom. The fourth-order valence-corrected chi connectivity index (χ4v) is 3.57. The van der Waals surface area contributed by atoms with Gasteiger partial charge in [-0.25, -0.2) is 0 Å². The smallest absolute Gasteiger partial charge is 0.269 e. The lowest BCUT2D eigenvalue weighted by Crippen LogP contribution is -2.30. The number of aromatic nitrogens is 3. The van der Waals surface area contributed by atoms with Crippen LogP contribution in [0.5, 0.6) is 5.88 Å². The monoisotopic (exact) mass is 364 g/mol. The Balaban J connectivity index is 1.63. The van der Waals surface area contributed by atoms with Gasteiger partial charge >= 0.3 is 0 Å². The van der Waals surface area contributed by atoms with E-state index in [9.17, 15) is 4.79 Å². The molecule has 0 saturated carbocycles. The minimum Gasteiger partial charge on any atom is -0.476 e. The Morgan fingerprint density at radius 3 is 2.59 bits per heavy atom. The number of rotatable bonds is 5. The second kappa shape index (κ2) is 8.31. The van der Waals surface area contributed by atoms with Gasteiger partial charge in [0.2, 0.25) is 5.88 Å². The fraction of sp³-hybridized carbons (Fsp3) is 0.381. The highest BCUT2D eigenvalue weighted by molar-refractivity contribution is 5.69. The van der Waals surface area contributed by atoms with E-state index in [1.54, 1.807) is 18.6 Å². The first-order valence-electron chi connectivity index (χ1n) is 9.60. The van der Waals surface area contributed by atoms with Crippen molar-refractivity contribution in [2.75, 3.05) is 26.2 Å². The summed E-state index contributed by atoms with van der Waals surface area (Å²) in [5, 5.41) is 0. The van der Waals surface area contributed by atoms with E-state index >= 15 is 0 Å². The first kappa shape index (κ1) is 17.7. The van der Waals surface area contributed by atoms with Crippen LogP contribution in [0.2, 0.25) is 0 Å². The SMILES string of the molecule is O=c1c(-c2ccccc2)c(OCCN2CCCCCC2)nc2cnccn12. The Kier molecular flexibility index (Phi) is 5.44. The van der Waals surface area contributed by atoms with E-state index in [2.05, 4.69) is 14.9 Å². The topological polar surface area (TPSA) is 59.7 Å². The molecule has 1 aliphatic rings. The summed E-state index contributed by atoms with van der Waals surface area (Å²) < 4.78 is 7.54. The molecule has 0 N–H and O–H groups in total. The highest BCUT2D eigenvalue weighted by Crippen LogP contribution is 2.25. The predicted octanol–water partition coefficient (Wildman–Crippen LogP) is 3.01. The van der Waals surface area contributed by atoms with Crippen molar-refractivity contribution in [2.24, 2.45) is 0 Å². The number of hydrogen-bond donors (Lipinski definition) is 0. The van der Waals surface area contributed by atoms with Crippen LogP contribution in [0.25, 0.3) is 16.8 Å². The van der Waals surface area contributed by atoms with Gasteiger partial charge in [-0.15, -0.1) is 0 Å². The second-order valence-electron chi connectivity index (χ2n) is 6.87. The Labute approximate surface area is 158 Å². The van der Waals surface area contributed by atoms with E-state index in [1.807, 2.05) is 30.3 Å². The van der Waals surface area contributed by atoms with E-state index in [0.717, 1.165) is 25.2 Å². The summed E-state index contributed by atoms with van der Waals surface area (Å²) in [6.07, 6.45) is 9.92. The van der Waals surface area contributed by atoms with Crippen LogP contribution in [-0.4, -0.2) is 45.5 Å². The van der Waals surface area contributed by atoms with Crippen LogP contribution < -0.4 is 10.3 Å². The Hall–Kier alpha value is -2.73. The zero-order valence-electron chi connectivity index (χ0n) is 15.4. The number of benzene rings is 1. The molecule has 140 valence electrons. The molecule has 0 atom stereocenters. The number of hydrogen-bond acceptors (Lipinski definition) is 5. The van der Waals surface area contributed by atoms with Crippen LogP contribution >= 0.6 is 0 Å². The summed E-state index contributed by atoms with van der Waals surface area (Å²) in [5.74, 6) is 0.383. The molecule has 0 unspecified atom stereocenters. The third kappa shape index (κ3) is 4.01. The maximum absolute atomic E-state index is 13.1. The van der Waals surface area contributed by atoms with Crippen LogP contribution in [0.4, 0.5) is 0 Å². The molecule has 1 saturated heterocycles. The summed E-state index contributed by atoms with van der Waals surface area (Å²) >= 11 is 0. The van der Waals surface area contributed by atoms with Gasteiger partial charge in [0.05, 0.1) is 6.20 Å². The lowest BCUT2D eigenvalue weighted by atomic mass is 10.1. The first-order valence-corrected chi connectivity index (χ1v) is 9.60. The van der Waals surface area contributed by atoms with Crippen molar-refractivity contribution in [3.63, 3.8) is 0 Å². The van der Waals surface area contributed by atoms with Gasteiger partial charge in [0.1, 0.15) is 12.2 Å². The number of fused-ring (bicyclic) bond motifs is 1. The Bertz CT molecular complexity index is 947. The normalized spacial score (nSPS) is 15.6. The summed E-state index contributed by atoms with van der Waals surface area (Å²) in [7, 11) is 0. The van der Waals surface area contributed by atoms with Gasteiger partial charge in [-0.1, -0.05) is 43.2 Å². The van der Waals surface area contributed by atoms with Gasteiger partial charge in [0.15, 0.2) is 5.65 Å². The molecule has 1 aromatic carbocycles. The van der Waals surface area contributed by atoms with E-state index in [-0.39, 0.29) is 5.56 Å². The van der Waals surface area contributed by atoms with Crippen molar-refractivity contribution in [2.45, 2.75) is 25.7 Å². The van der Waals surface area contributed by atoms with Crippen LogP contribution in [0.3, 0.4) is 0 Å². The quantitative estimate of drug-likeness (QED) is 0.696. The van der Waals surface area contributed by atoms with E-state index in [4.69, 9.17) is 4.74 Å². The first-order chi connectivity index (χ1) is 13.3. The Morgan fingerprint density at radius 2 is 1.81 bits per heavy atom. The third-order valence-electron chi connectivity index (χ3n) is 5.01. The lowest BCUT2D eigenvalue weighted by Gasteiger charge is -2.20. The minimum absolute atomic E-state index is 0.140. The molecule has 2 aromatic heterocycles. The summed E-state index contributed by atoms with van der Waals surface area (Å²) in [6.45, 7) is 3.60. The van der Waals surface area contributed by atoms with E-state index < -0.39 is 0 Å². The van der Waals surface area contributed by atoms with Crippen molar-refractivity contribution in [1.29, 1.82) is 0 Å². The molecular weight excluding hydrogens is 340 g/mol. The van der Waals surface area contributed by atoms with Crippen LogP contribution in [0, 0.1) is 0 Å². The molecule has 3 aromatic rings. The van der Waals surface area contributed by atoms with Crippen molar-refractivity contribution < 1.29 is 4.74 Å². The standard InChI is InChI=1S/C21H24N4O2/c26-21-19(17-8-4-3-5-9-17)20(23-18-16-22-10-13-25(18)21)27-15-14-24-11-6-1-2-7-12-24/h3-5,8-10,13,16H,1-2,6-7,11-12,14-15H2. The molecule has 6 heteroatoms. The molecule has 3 heterocycles. The lowest BCUT2D eigenvalue weighted by molar-refractivity contribution is 0.210. The van der Waals surface area contributed by atoms with Crippen LogP contribution in [0.1, 0.15) is 25.7 Å². The minimum atomic E-state index is -0.140. The van der Waals surface area contributed by atoms with Crippen molar-refractivity contribution in [3.8, 4) is 17.0 Å². The second-order valence-corrected chi connectivity index (χ2v) is 6.87. The maximum Gasteiger partial charge on any atom is 0.269 e. The van der Waals surface area contributed by atoms with Gasteiger partial charge in [-0.05, 0) is 31.5 Å². The van der Waals surface area contributed by atoms with Gasteiger partial charge in [-0.3, -0.25) is 19.1 Å². The number of likely N-dealkylation sites (tertiary alicyclic amines) is 1. The zero-order valence-corrected chi connectivity index (χ0v) is 15.4. The molecule has 0 spiro atoms. The molecule has 27 heavy (non-hydrogen) atoms. The van der Waals surface area contributed by atoms with E-state index in [1.165, 1.54) is 30.1 Å². The molecule has 0 bridgehead atoms. The van der Waals surface area contributed by atoms with Crippen LogP contribution in [-0.2, 0) is 0 Å². The molecule has 0 aliphatic carbocycles. The summed E-state index contributed by atoms with van der Waals surface area (Å²) in [4.78, 5) is 24.1. The molecule has 4 rings (SSSR count). The maximum atomic E-state index is 13.1. The highest BCUT2D eigenvalue weighted by Gasteiger charge is 2.17. The average molecular weight is 364 g/mol. The van der Waals surface area contributed by atoms with Gasteiger partial charge in [0, 0.05) is 18.9 Å². The molecular formula is C21H24N4O2. The van der Waals surface area contributed by atoms with Crippen molar-refractivity contribution in [3.05, 3.63) is 59.3 Å². The number of ether oxygens (including phenoxy) is 1. The third-order valence-corrected chi connectivity index (χ3v) is 5.01. The number of nitrogens with zero attached hydrogens (tertiary/aromatic N) is 4. The zero-order chi connectivity index (χ0) is 18.5. The van der Waals surface area contributed by atoms with Crippen LogP contribution in [0.15, 0.2) is 53.7 Å². The molecule has 0 radical (unpaired) electrons. The fourth-order valence-electron chi connectivity index (χ4n) is 3.57. The van der Waals surface area contributed by atoms with Gasteiger partial charge in [-0.2, -0.15) is 4.98 Å². The molecule has 1 aliphatic heterocycles. The molecule has 6 nitrogen and oxygen atoms in total.